The highest BCUT2D eigenvalue weighted by atomic mass is 32.2. The predicted octanol–water partition coefficient (Wildman–Crippen LogP) is 8.05. The minimum absolute atomic E-state index is 0.00391. The van der Waals surface area contributed by atoms with E-state index in [0.29, 0.717) is 42.4 Å². The lowest BCUT2D eigenvalue weighted by Crippen LogP contribution is -2.52. The smallest absolute Gasteiger partial charge is 0.303 e. The van der Waals surface area contributed by atoms with Gasteiger partial charge in [-0.2, -0.15) is 0 Å². The number of esters is 1. The van der Waals surface area contributed by atoms with Crippen LogP contribution in [0.25, 0.3) is 0 Å². The predicted molar refractivity (Wildman–Crippen MR) is 330 cm³/mol. The van der Waals surface area contributed by atoms with E-state index in [4.69, 9.17) is 19.3 Å². The van der Waals surface area contributed by atoms with Gasteiger partial charge in [-0.3, -0.25) is 48.1 Å². The molecule has 472 valence electrons. The number of aliphatic hydroxyl groups is 1. The summed E-state index contributed by atoms with van der Waals surface area (Å²) in [5.74, 6) is -4.17. The van der Waals surface area contributed by atoms with E-state index in [2.05, 4.69) is 20.5 Å². The van der Waals surface area contributed by atoms with Crippen LogP contribution in [0.4, 0.5) is 5.69 Å². The second-order valence-corrected chi connectivity index (χ2v) is 25.1. The zero-order valence-electron chi connectivity index (χ0n) is 50.9. The van der Waals surface area contributed by atoms with Crippen LogP contribution in [0.15, 0.2) is 46.5 Å². The summed E-state index contributed by atoms with van der Waals surface area (Å²) in [4.78, 5) is 129. The summed E-state index contributed by atoms with van der Waals surface area (Å²) >= 11 is 3.87. The van der Waals surface area contributed by atoms with Crippen molar-refractivity contribution in [3.8, 4) is 5.75 Å². The highest BCUT2D eigenvalue weighted by Crippen LogP contribution is 2.33. The molecule has 0 aliphatic carbocycles. The van der Waals surface area contributed by atoms with Crippen LogP contribution in [0.5, 0.6) is 5.75 Å². The molecule has 0 spiro atoms. The van der Waals surface area contributed by atoms with Gasteiger partial charge >= 0.3 is 5.97 Å². The fourth-order valence-corrected chi connectivity index (χ4v) is 12.4. The molecule has 2 aromatic rings. The topological polar surface area (TPSA) is 272 Å². The van der Waals surface area contributed by atoms with Gasteiger partial charge in [-0.05, 0) is 98.9 Å². The summed E-state index contributed by atoms with van der Waals surface area (Å²) in [7, 11) is 3.72. The van der Waals surface area contributed by atoms with Crippen molar-refractivity contribution in [1.29, 1.82) is 0 Å². The van der Waals surface area contributed by atoms with Gasteiger partial charge in [0.2, 0.25) is 11.8 Å². The average molecular weight is 1240 g/mol. The van der Waals surface area contributed by atoms with Crippen LogP contribution in [-0.2, 0) is 59.0 Å². The fraction of sp³-hybridized carbons (Fsp3) is 0.639. The van der Waals surface area contributed by atoms with E-state index in [1.54, 1.807) is 40.3 Å². The number of benzene rings is 1. The lowest BCUT2D eigenvalue weighted by Gasteiger charge is -2.37. The SMILES string of the molecule is CCC[C@H](Cc1ccc(O)c(NC(=O)CCOCCCC(=O)CN2C(=O)/C=C/SCS/C=C/C(=O)N2CC(=O)CCCCOCCO)c1)NC(=O)c1csc([C@@H](C[C@H](C(C)C)N(C)C(=O)[C@@H](CC(=O)[C@H]2CCCCN2C)[C@@H](C)CC)OC(C)=O)n1. The molecule has 0 radical (unpaired) electrons. The summed E-state index contributed by atoms with van der Waals surface area (Å²) in [5.41, 5.74) is 1.02. The fourth-order valence-electron chi connectivity index (χ4n) is 10.1. The number of phenolic OH excluding ortho intramolecular Hbond substituents is 1. The number of ether oxygens (including phenoxy) is 3. The first-order valence-electron chi connectivity index (χ1n) is 29.7. The minimum Gasteiger partial charge on any atom is -0.506 e. The van der Waals surface area contributed by atoms with E-state index in [1.807, 2.05) is 41.7 Å². The number of aromatic nitrogens is 1. The molecule has 2 aliphatic heterocycles. The van der Waals surface area contributed by atoms with Gasteiger partial charge < -0.3 is 40.0 Å². The number of anilines is 1. The second kappa shape index (κ2) is 38.6. The van der Waals surface area contributed by atoms with Crippen molar-refractivity contribution in [2.45, 2.75) is 162 Å². The van der Waals surface area contributed by atoms with E-state index >= 15 is 0 Å². The molecular formula is C61H91N7O14S3. The molecular weight excluding hydrogens is 1150 g/mol. The summed E-state index contributed by atoms with van der Waals surface area (Å²) in [5, 5.41) is 33.2. The monoisotopic (exact) mass is 1240 g/mol. The molecule has 4 rings (SSSR count). The normalized spacial score (nSPS) is 17.7. The van der Waals surface area contributed by atoms with Crippen LogP contribution in [0.3, 0.4) is 0 Å². The number of carbonyl (C=O) groups is 9. The highest BCUT2D eigenvalue weighted by molar-refractivity contribution is 8.18. The Hall–Kier alpha value is -5.50. The van der Waals surface area contributed by atoms with Gasteiger partial charge in [0.25, 0.3) is 17.7 Å². The molecule has 2 aliphatic rings. The number of nitrogens with one attached hydrogen (secondary N) is 2. The van der Waals surface area contributed by atoms with E-state index in [1.165, 1.54) is 60.0 Å². The summed E-state index contributed by atoms with van der Waals surface area (Å²) in [6, 6.07) is 3.84. The number of likely N-dealkylation sites (tertiary alicyclic amines) is 1. The summed E-state index contributed by atoms with van der Waals surface area (Å²) in [6.45, 7) is 11.9. The molecule has 1 aromatic heterocycles. The number of Topliss-reactive ketones (excluding diaryl/α,β-unsaturated/α-hetero) is 3. The number of ketones is 3. The van der Waals surface area contributed by atoms with E-state index < -0.39 is 60.8 Å². The van der Waals surface area contributed by atoms with Crippen LogP contribution in [0.2, 0.25) is 0 Å². The number of rotatable bonds is 37. The third kappa shape index (κ3) is 25.0. The molecule has 1 fully saturated rings. The number of unbranched alkanes of at least 4 members (excludes halogenated alkanes) is 1. The van der Waals surface area contributed by atoms with Gasteiger partial charge in [0.1, 0.15) is 29.5 Å². The van der Waals surface area contributed by atoms with Crippen LogP contribution < -0.4 is 10.6 Å². The Balaban J connectivity index is 1.31. The Kier molecular flexibility index (Phi) is 32.7. The lowest BCUT2D eigenvalue weighted by molar-refractivity contribution is -0.161. The van der Waals surface area contributed by atoms with Crippen LogP contribution in [0.1, 0.15) is 159 Å². The van der Waals surface area contributed by atoms with Crippen molar-refractivity contribution in [2.24, 2.45) is 17.8 Å². The Morgan fingerprint density at radius 2 is 1.53 bits per heavy atom. The van der Waals surface area contributed by atoms with Gasteiger partial charge in [0.05, 0.1) is 38.0 Å². The number of hydrazine groups is 1. The van der Waals surface area contributed by atoms with Gasteiger partial charge in [-0.25, -0.2) is 15.0 Å². The van der Waals surface area contributed by atoms with Crippen molar-refractivity contribution < 1.29 is 67.6 Å². The number of phenols is 1. The average Bonchev–Trinajstić information content (AvgIpc) is 3.80. The zero-order chi connectivity index (χ0) is 62.4. The molecule has 3 heterocycles. The number of nitrogens with zero attached hydrogens (tertiary/aromatic N) is 5. The summed E-state index contributed by atoms with van der Waals surface area (Å²) < 4.78 is 16.8. The van der Waals surface area contributed by atoms with Crippen molar-refractivity contribution in [1.82, 2.24) is 30.1 Å². The van der Waals surface area contributed by atoms with Gasteiger partial charge in [-0.15, -0.1) is 34.9 Å². The number of aliphatic hydroxyl groups excluding tert-OH is 1. The number of amides is 5. The van der Waals surface area contributed by atoms with Crippen molar-refractivity contribution >= 4 is 93.4 Å². The van der Waals surface area contributed by atoms with Gasteiger partial charge in [-0.1, -0.05) is 59.9 Å². The largest absolute Gasteiger partial charge is 0.506 e. The van der Waals surface area contributed by atoms with Crippen LogP contribution in [0, 0.1) is 17.8 Å². The maximum absolute atomic E-state index is 14.4. The number of aromatic hydroxyl groups is 1. The first-order chi connectivity index (χ1) is 40.7. The number of carbonyl (C=O) groups excluding carboxylic acids is 9. The molecule has 1 aromatic carbocycles. The van der Waals surface area contributed by atoms with Crippen molar-refractivity contribution in [2.75, 3.05) is 77.2 Å². The number of hydrogen-bond donors (Lipinski definition) is 4. The highest BCUT2D eigenvalue weighted by Gasteiger charge is 2.38. The number of likely N-dealkylation sites (N-methyl/N-ethyl adjacent to an activating group) is 1. The second-order valence-electron chi connectivity index (χ2n) is 22.1. The molecule has 4 N–H and O–H groups in total. The number of hydrogen-bond acceptors (Lipinski definition) is 19. The van der Waals surface area contributed by atoms with Crippen LogP contribution in [-0.4, -0.2) is 178 Å². The minimum atomic E-state index is -0.863. The summed E-state index contributed by atoms with van der Waals surface area (Å²) in [6.07, 6.45) is 8.56. The molecule has 24 heteroatoms. The Bertz CT molecular complexity index is 2580. The lowest BCUT2D eigenvalue weighted by atomic mass is 9.83. The van der Waals surface area contributed by atoms with Crippen molar-refractivity contribution in [3.63, 3.8) is 0 Å². The number of piperidine rings is 1. The first-order valence-corrected chi connectivity index (χ1v) is 32.7. The van der Waals surface area contributed by atoms with Crippen molar-refractivity contribution in [3.05, 3.63) is 62.8 Å². The first kappa shape index (κ1) is 72.0. The number of thiazole rings is 1. The molecule has 21 nitrogen and oxygen atoms in total. The molecule has 5 amide bonds. The molecule has 85 heavy (non-hydrogen) atoms. The van der Waals surface area contributed by atoms with E-state index in [0.717, 1.165) is 54.2 Å². The Morgan fingerprint density at radius 3 is 2.15 bits per heavy atom. The van der Waals surface area contributed by atoms with Crippen LogP contribution >= 0.6 is 34.9 Å². The molecule has 6 atom stereocenters. The molecule has 0 saturated carbocycles. The number of thioether (sulfide) groups is 2. The molecule has 0 unspecified atom stereocenters. The zero-order valence-corrected chi connectivity index (χ0v) is 53.3. The standard InChI is InChI=1S/C61H91N7O14S3/c1-9-16-45(62-59(78)50-39-85-60(64-50)55(82-43(6)70)36-52(41(3)4)66(8)61(79)48(42(5)10-2)35-54(74)51-19-11-13-25-65(51)7)33-44-20-21-53(73)49(34-44)63-56(75)22-29-80-28-15-18-47(72)38-68-58(77)24-32-84-40-83-31-23-57(76)67(68)37-46(71)17-12-14-27-81-30-26-69/h20-21,23-24,31-32,34,39,41-42,45,48,51-52,55,69,73H,9-19,22,25-30,33,35-38,40H2,1-8H3,(H,62,78)(H,63,75)/b31-23+,32-24+/t42-,45+,48-,51+,52+,55+/m0/s1. The third-order valence-electron chi connectivity index (χ3n) is 15.1. The Labute approximate surface area is 514 Å². The van der Waals surface area contributed by atoms with Gasteiger partial charge in [0.15, 0.2) is 23.5 Å². The maximum atomic E-state index is 14.4. The quantitative estimate of drug-likeness (QED) is 0.0283. The molecule has 0 bridgehead atoms. The molecule has 1 saturated heterocycles. The van der Waals surface area contributed by atoms with Gasteiger partial charge in [0, 0.05) is 93.5 Å². The maximum Gasteiger partial charge on any atom is 0.303 e. The van der Waals surface area contributed by atoms with E-state index in [-0.39, 0.29) is 129 Å². The third-order valence-corrected chi connectivity index (χ3v) is 17.7. The van der Waals surface area contributed by atoms with E-state index in [9.17, 15) is 48.3 Å². The Morgan fingerprint density at radius 1 is 0.871 bits per heavy atom.